The fourth-order valence-corrected chi connectivity index (χ4v) is 4.86. The van der Waals surface area contributed by atoms with Crippen molar-refractivity contribution in [3.05, 3.63) is 29.8 Å². The molecule has 1 aliphatic carbocycles. The van der Waals surface area contributed by atoms with Crippen LogP contribution >= 0.6 is 11.8 Å². The molecule has 5 nitrogen and oxygen atoms in total. The zero-order valence-electron chi connectivity index (χ0n) is 16.2. The number of carbonyl (C=O) groups is 2. The second kappa shape index (κ2) is 9.40. The van der Waals surface area contributed by atoms with E-state index in [0.717, 1.165) is 29.3 Å². The van der Waals surface area contributed by atoms with Crippen LogP contribution in [0.4, 0.5) is 5.69 Å². The molecule has 0 aromatic heterocycles. The molecular weight excluding hydrogens is 358 g/mol. The SMILES string of the molecule is CCN1C(=O)[C@H](CC(=O)Nc2ccc(C)cc2)SC1=NC1CCCCCC1. The summed E-state index contributed by atoms with van der Waals surface area (Å²) in [4.78, 5) is 31.8. The van der Waals surface area contributed by atoms with Crippen molar-refractivity contribution in [2.45, 2.75) is 70.1 Å². The van der Waals surface area contributed by atoms with Gasteiger partial charge >= 0.3 is 0 Å². The molecule has 1 aliphatic heterocycles. The van der Waals surface area contributed by atoms with E-state index in [1.165, 1.54) is 37.4 Å². The number of anilines is 1. The van der Waals surface area contributed by atoms with Crippen molar-refractivity contribution in [2.24, 2.45) is 4.99 Å². The van der Waals surface area contributed by atoms with Crippen LogP contribution in [-0.4, -0.2) is 39.7 Å². The molecule has 1 saturated carbocycles. The van der Waals surface area contributed by atoms with Gasteiger partial charge in [0.1, 0.15) is 5.25 Å². The zero-order chi connectivity index (χ0) is 19.2. The summed E-state index contributed by atoms with van der Waals surface area (Å²) in [6, 6.07) is 8.00. The van der Waals surface area contributed by atoms with Gasteiger partial charge in [-0.3, -0.25) is 19.5 Å². The Hall–Kier alpha value is -1.82. The second-order valence-corrected chi connectivity index (χ2v) is 8.53. The second-order valence-electron chi connectivity index (χ2n) is 7.36. The number of hydrogen-bond donors (Lipinski definition) is 1. The van der Waals surface area contributed by atoms with Gasteiger partial charge in [0.15, 0.2) is 5.17 Å². The Morgan fingerprint density at radius 3 is 2.48 bits per heavy atom. The lowest BCUT2D eigenvalue weighted by molar-refractivity contribution is -0.128. The Kier molecular flexibility index (Phi) is 6.94. The normalized spacial score (nSPS) is 22.9. The predicted octanol–water partition coefficient (Wildman–Crippen LogP) is 4.37. The minimum Gasteiger partial charge on any atom is -0.326 e. The monoisotopic (exact) mass is 387 g/mol. The first-order valence-corrected chi connectivity index (χ1v) is 10.9. The van der Waals surface area contributed by atoms with Gasteiger partial charge < -0.3 is 5.32 Å². The van der Waals surface area contributed by atoms with Gasteiger partial charge in [-0.05, 0) is 38.8 Å². The van der Waals surface area contributed by atoms with Crippen LogP contribution in [0.5, 0.6) is 0 Å². The Morgan fingerprint density at radius 1 is 1.19 bits per heavy atom. The highest BCUT2D eigenvalue weighted by atomic mass is 32.2. The van der Waals surface area contributed by atoms with E-state index in [4.69, 9.17) is 4.99 Å². The van der Waals surface area contributed by atoms with E-state index in [0.29, 0.717) is 12.6 Å². The van der Waals surface area contributed by atoms with Crippen LogP contribution in [0.3, 0.4) is 0 Å². The molecule has 0 unspecified atom stereocenters. The molecule has 0 radical (unpaired) electrons. The molecule has 1 atom stereocenters. The summed E-state index contributed by atoms with van der Waals surface area (Å²) >= 11 is 1.46. The minimum atomic E-state index is -0.375. The van der Waals surface area contributed by atoms with E-state index in [1.54, 1.807) is 4.90 Å². The highest BCUT2D eigenvalue weighted by Gasteiger charge is 2.38. The van der Waals surface area contributed by atoms with Crippen LogP contribution in [0.25, 0.3) is 0 Å². The van der Waals surface area contributed by atoms with Gasteiger partial charge in [0.2, 0.25) is 11.8 Å². The van der Waals surface area contributed by atoms with Gasteiger partial charge in [0.05, 0.1) is 6.04 Å². The maximum absolute atomic E-state index is 12.7. The molecule has 1 aromatic carbocycles. The summed E-state index contributed by atoms with van der Waals surface area (Å²) in [5.74, 6) is -0.120. The number of nitrogens with zero attached hydrogens (tertiary/aromatic N) is 2. The molecule has 27 heavy (non-hydrogen) atoms. The average molecular weight is 388 g/mol. The first kappa shape index (κ1) is 19.9. The van der Waals surface area contributed by atoms with Crippen LogP contribution in [-0.2, 0) is 9.59 Å². The Labute approximate surface area is 166 Å². The molecular formula is C21H29N3O2S. The summed E-state index contributed by atoms with van der Waals surface area (Å²) in [5, 5.41) is 3.32. The van der Waals surface area contributed by atoms with Crippen molar-refractivity contribution in [1.29, 1.82) is 0 Å². The van der Waals surface area contributed by atoms with Crippen molar-refractivity contribution < 1.29 is 9.59 Å². The fourth-order valence-electron chi connectivity index (χ4n) is 3.59. The van der Waals surface area contributed by atoms with Crippen LogP contribution < -0.4 is 5.32 Å². The predicted molar refractivity (Wildman–Crippen MR) is 112 cm³/mol. The molecule has 6 heteroatoms. The number of rotatable bonds is 5. The van der Waals surface area contributed by atoms with Crippen molar-refractivity contribution in [3.8, 4) is 0 Å². The highest BCUT2D eigenvalue weighted by Crippen LogP contribution is 2.31. The van der Waals surface area contributed by atoms with Gasteiger partial charge in [-0.15, -0.1) is 0 Å². The third-order valence-corrected chi connectivity index (χ3v) is 6.35. The van der Waals surface area contributed by atoms with Crippen LogP contribution in [0.1, 0.15) is 57.4 Å². The molecule has 0 spiro atoms. The van der Waals surface area contributed by atoms with Crippen molar-refractivity contribution >= 4 is 34.4 Å². The molecule has 1 N–H and O–H groups in total. The summed E-state index contributed by atoms with van der Waals surface area (Å²) in [6.45, 7) is 4.58. The molecule has 1 aromatic rings. The number of aryl methyl sites for hydroxylation is 1. The van der Waals surface area contributed by atoms with Gasteiger partial charge in [0.25, 0.3) is 0 Å². The van der Waals surface area contributed by atoms with E-state index < -0.39 is 0 Å². The van der Waals surface area contributed by atoms with Crippen LogP contribution in [0, 0.1) is 6.92 Å². The van der Waals surface area contributed by atoms with E-state index >= 15 is 0 Å². The lowest BCUT2D eigenvalue weighted by Crippen LogP contribution is -2.33. The molecule has 0 bridgehead atoms. The number of hydrogen-bond acceptors (Lipinski definition) is 4. The Morgan fingerprint density at radius 2 is 1.85 bits per heavy atom. The lowest BCUT2D eigenvalue weighted by atomic mass is 10.1. The summed E-state index contributed by atoms with van der Waals surface area (Å²) in [6.07, 6.45) is 7.39. The topological polar surface area (TPSA) is 61.8 Å². The fraction of sp³-hybridized carbons (Fsp3) is 0.571. The van der Waals surface area contributed by atoms with E-state index in [1.807, 2.05) is 38.1 Å². The number of benzene rings is 1. The van der Waals surface area contributed by atoms with E-state index in [9.17, 15) is 9.59 Å². The third kappa shape index (κ3) is 5.34. The van der Waals surface area contributed by atoms with Crippen molar-refractivity contribution in [2.75, 3.05) is 11.9 Å². The van der Waals surface area contributed by atoms with Gasteiger partial charge in [-0.2, -0.15) is 0 Å². The molecule has 146 valence electrons. The summed E-state index contributed by atoms with van der Waals surface area (Å²) in [7, 11) is 0. The van der Waals surface area contributed by atoms with Gasteiger partial charge in [-0.25, -0.2) is 0 Å². The number of nitrogens with one attached hydrogen (secondary N) is 1. The number of amidine groups is 1. The smallest absolute Gasteiger partial charge is 0.242 e. The lowest BCUT2D eigenvalue weighted by Gasteiger charge is -2.16. The third-order valence-electron chi connectivity index (χ3n) is 5.16. The van der Waals surface area contributed by atoms with Crippen molar-refractivity contribution in [1.82, 2.24) is 4.90 Å². The molecule has 2 aliphatic rings. The maximum Gasteiger partial charge on any atom is 0.242 e. The van der Waals surface area contributed by atoms with Crippen molar-refractivity contribution in [3.63, 3.8) is 0 Å². The number of amides is 2. The molecule has 1 heterocycles. The van der Waals surface area contributed by atoms with Gasteiger partial charge in [0, 0.05) is 18.7 Å². The van der Waals surface area contributed by atoms with Crippen LogP contribution in [0.15, 0.2) is 29.3 Å². The summed E-state index contributed by atoms with van der Waals surface area (Å²) < 4.78 is 0. The Balaban J connectivity index is 1.62. The van der Waals surface area contributed by atoms with E-state index in [2.05, 4.69) is 5.32 Å². The van der Waals surface area contributed by atoms with Crippen LogP contribution in [0.2, 0.25) is 0 Å². The number of thioether (sulfide) groups is 1. The molecule has 3 rings (SSSR count). The molecule has 1 saturated heterocycles. The number of aliphatic imine (C=N–C) groups is 1. The largest absolute Gasteiger partial charge is 0.326 e. The average Bonchev–Trinajstić information content (AvgIpc) is 2.81. The quantitative estimate of drug-likeness (QED) is 0.763. The molecule has 2 amide bonds. The highest BCUT2D eigenvalue weighted by molar-refractivity contribution is 8.15. The van der Waals surface area contributed by atoms with Gasteiger partial charge in [-0.1, -0.05) is 55.1 Å². The van der Waals surface area contributed by atoms with E-state index in [-0.39, 0.29) is 23.5 Å². The Bertz CT molecular complexity index is 694. The number of carbonyl (C=O) groups excluding carboxylic acids is 2. The first-order valence-electron chi connectivity index (χ1n) is 9.99. The minimum absolute atomic E-state index is 0.00827. The first-order chi connectivity index (χ1) is 13.1. The standard InChI is InChI=1S/C21H29N3O2S/c1-3-24-20(26)18(14-19(25)22-17-12-10-15(2)11-13-17)27-21(24)23-16-8-6-4-5-7-9-16/h10-13,16,18H,3-9,14H2,1-2H3,(H,22,25)/t18-/m0/s1. The maximum atomic E-state index is 12.7. The molecule has 2 fully saturated rings. The zero-order valence-corrected chi connectivity index (χ0v) is 17.1. The summed E-state index contributed by atoms with van der Waals surface area (Å²) in [5.41, 5.74) is 1.91.